The second kappa shape index (κ2) is 15.7. The molecule has 40 heavy (non-hydrogen) atoms. The average Bonchev–Trinajstić information content (AvgIpc) is 2.91. The molecule has 0 bridgehead atoms. The second-order valence-corrected chi connectivity index (χ2v) is 18.0. The van der Waals surface area contributed by atoms with Crippen molar-refractivity contribution in [3.05, 3.63) is 35.4 Å². The molecule has 2 aromatic carbocycles. The Kier molecular flexibility index (Phi) is 13.6. The van der Waals surface area contributed by atoms with Crippen molar-refractivity contribution in [1.29, 1.82) is 0 Å². The minimum atomic E-state index is -0.741. The van der Waals surface area contributed by atoms with Crippen LogP contribution < -0.4 is 18.5 Å². The summed E-state index contributed by atoms with van der Waals surface area (Å²) < 4.78 is 26.2. The van der Waals surface area contributed by atoms with Crippen molar-refractivity contribution in [2.75, 3.05) is 14.2 Å². The third kappa shape index (κ3) is 8.29. The third-order valence-corrected chi connectivity index (χ3v) is 12.5. The molecule has 0 saturated heterocycles. The Bertz CT molecular complexity index is 979. The van der Waals surface area contributed by atoms with Gasteiger partial charge < -0.3 is 18.5 Å². The summed E-state index contributed by atoms with van der Waals surface area (Å²) in [7, 11) is 2.02. The van der Waals surface area contributed by atoms with Gasteiger partial charge >= 0.3 is 0 Å². The molecule has 2 aromatic rings. The van der Waals surface area contributed by atoms with Crippen molar-refractivity contribution in [1.82, 2.24) is 0 Å². The fourth-order valence-electron chi connectivity index (χ4n) is 5.00. The second-order valence-electron chi connectivity index (χ2n) is 12.1. The molecule has 0 aliphatic rings. The first-order chi connectivity index (χ1) is 18.8. The number of methoxy groups -OCH3 is 2. The van der Waals surface area contributed by atoms with Crippen LogP contribution in [0, 0.1) is 0 Å². The van der Waals surface area contributed by atoms with E-state index in [4.69, 9.17) is 18.5 Å². The van der Waals surface area contributed by atoms with Gasteiger partial charge in [0.25, 0.3) is 0 Å². The van der Waals surface area contributed by atoms with Crippen molar-refractivity contribution < 1.29 is 18.5 Å². The fraction of sp³-hybridized carbons (Fsp3) is 0.647. The van der Waals surface area contributed by atoms with E-state index in [9.17, 15) is 0 Å². The van der Waals surface area contributed by atoms with E-state index in [-0.39, 0.29) is 0 Å². The zero-order valence-electron chi connectivity index (χ0n) is 27.7. The summed E-state index contributed by atoms with van der Waals surface area (Å²) in [6.45, 7) is 27.1. The van der Waals surface area contributed by atoms with Crippen molar-refractivity contribution in [3.63, 3.8) is 0 Å². The number of ether oxygens (including phenoxy) is 2. The molecule has 0 spiro atoms. The Hall–Kier alpha value is -1.50. The van der Waals surface area contributed by atoms with Crippen LogP contribution in [0.5, 0.6) is 23.0 Å². The maximum absolute atomic E-state index is 7.02. The molecule has 0 aliphatic carbocycles. The van der Waals surface area contributed by atoms with Crippen LogP contribution in [0.3, 0.4) is 0 Å². The van der Waals surface area contributed by atoms with Gasteiger partial charge in [0.2, 0.25) is 0 Å². The quantitative estimate of drug-likeness (QED) is 0.193. The molecule has 0 N–H and O–H groups in total. The highest BCUT2D eigenvalue weighted by molar-refractivity contribution is 7.54. The summed E-state index contributed by atoms with van der Waals surface area (Å²) in [5.74, 6) is 3.96. The molecule has 2 atom stereocenters. The summed E-state index contributed by atoms with van der Waals surface area (Å²) in [5, 5.41) is 0. The summed E-state index contributed by atoms with van der Waals surface area (Å²) in [6, 6.07) is 8.98. The number of hydrogen-bond acceptors (Lipinski definition) is 4. The van der Waals surface area contributed by atoms with Crippen LogP contribution in [0.25, 0.3) is 11.1 Å². The fourth-order valence-corrected chi connectivity index (χ4v) is 9.03. The summed E-state index contributed by atoms with van der Waals surface area (Å²) >= 11 is 0. The molecule has 0 radical (unpaired) electrons. The monoisotopic (exact) mass is 590 g/mol. The van der Waals surface area contributed by atoms with Crippen molar-refractivity contribution >= 4 is 16.3 Å². The summed E-state index contributed by atoms with van der Waals surface area (Å²) in [4.78, 5) is 0. The molecule has 4 nitrogen and oxygen atoms in total. The van der Waals surface area contributed by atoms with E-state index < -0.39 is 16.3 Å². The van der Waals surface area contributed by atoms with E-state index in [0.29, 0.717) is 34.5 Å². The van der Waals surface area contributed by atoms with Gasteiger partial charge in [0.15, 0.2) is 23.0 Å². The minimum Gasteiger partial charge on any atom is -0.493 e. The van der Waals surface area contributed by atoms with E-state index in [1.54, 1.807) is 14.2 Å². The number of rotatable bonds is 15. The first-order valence-corrected chi connectivity index (χ1v) is 18.0. The minimum absolute atomic E-state index is 0.380. The SMILES string of the molecule is CCC(C)c1cc(OC)c(OP(C(C)C)C(C)C)c(-c2cc(C(C)CC)cc(OC)c2OP(C(C)C)C(C)C)c1. The molecule has 0 heterocycles. The summed E-state index contributed by atoms with van der Waals surface area (Å²) in [5.41, 5.74) is 6.19. The van der Waals surface area contributed by atoms with Gasteiger partial charge in [-0.15, -0.1) is 0 Å². The van der Waals surface area contributed by atoms with Crippen LogP contribution >= 0.6 is 16.3 Å². The third-order valence-electron chi connectivity index (χ3n) is 7.68. The van der Waals surface area contributed by atoms with Crippen LogP contribution in [-0.2, 0) is 0 Å². The smallest absolute Gasteiger partial charge is 0.173 e. The number of benzene rings is 2. The molecule has 0 amide bonds. The van der Waals surface area contributed by atoms with E-state index in [1.807, 2.05) is 0 Å². The van der Waals surface area contributed by atoms with E-state index in [1.165, 1.54) is 11.1 Å². The lowest BCUT2D eigenvalue weighted by Crippen LogP contribution is -2.11. The van der Waals surface area contributed by atoms with Gasteiger partial charge in [-0.05, 0) is 60.1 Å². The molecule has 2 rings (SSSR count). The summed E-state index contributed by atoms with van der Waals surface area (Å²) in [6.07, 6.45) is 2.08. The highest BCUT2D eigenvalue weighted by atomic mass is 31.1. The lowest BCUT2D eigenvalue weighted by Gasteiger charge is -2.31. The molecule has 0 aliphatic heterocycles. The van der Waals surface area contributed by atoms with Gasteiger partial charge in [-0.3, -0.25) is 0 Å². The standard InChI is InChI=1S/C34H56O4P2/c1-15-25(11)27-17-29(33(31(19-27)35-13)37-39(21(3)4)22(5)6)30-18-28(26(12)16-2)20-32(36-14)34(30)38-40(23(7)8)24(9)10/h17-26H,15-16H2,1-14H3. The van der Waals surface area contributed by atoms with E-state index in [2.05, 4.69) is 107 Å². The van der Waals surface area contributed by atoms with Crippen molar-refractivity contribution in [2.45, 2.75) is 130 Å². The number of hydrogen-bond donors (Lipinski definition) is 0. The predicted octanol–water partition coefficient (Wildman–Crippen LogP) is 11.6. The van der Waals surface area contributed by atoms with E-state index in [0.717, 1.165) is 47.0 Å². The van der Waals surface area contributed by atoms with Crippen LogP contribution in [0.2, 0.25) is 0 Å². The zero-order valence-corrected chi connectivity index (χ0v) is 29.5. The Morgan fingerprint density at radius 2 is 0.825 bits per heavy atom. The largest absolute Gasteiger partial charge is 0.493 e. The van der Waals surface area contributed by atoms with Crippen LogP contribution in [0.4, 0.5) is 0 Å². The van der Waals surface area contributed by atoms with E-state index >= 15 is 0 Å². The van der Waals surface area contributed by atoms with Gasteiger partial charge in [-0.2, -0.15) is 0 Å². The molecule has 0 aromatic heterocycles. The predicted molar refractivity (Wildman–Crippen MR) is 178 cm³/mol. The Morgan fingerprint density at radius 3 is 1.05 bits per heavy atom. The Balaban J connectivity index is 3.06. The molecule has 0 fully saturated rings. The molecule has 0 saturated carbocycles. The van der Waals surface area contributed by atoms with Crippen molar-refractivity contribution in [2.24, 2.45) is 0 Å². The van der Waals surface area contributed by atoms with Crippen molar-refractivity contribution in [3.8, 4) is 34.1 Å². The van der Waals surface area contributed by atoms with Crippen LogP contribution in [-0.4, -0.2) is 36.9 Å². The highest BCUT2D eigenvalue weighted by Gasteiger charge is 2.30. The first-order valence-electron chi connectivity index (χ1n) is 15.2. The molecular formula is C34H56O4P2. The first kappa shape index (κ1) is 34.7. The van der Waals surface area contributed by atoms with Crippen LogP contribution in [0.1, 0.15) is 119 Å². The lowest BCUT2D eigenvalue weighted by atomic mass is 9.90. The Morgan fingerprint density at radius 1 is 0.525 bits per heavy atom. The normalized spacial score (nSPS) is 13.6. The lowest BCUT2D eigenvalue weighted by molar-refractivity contribution is 0.394. The highest BCUT2D eigenvalue weighted by Crippen LogP contribution is 2.57. The topological polar surface area (TPSA) is 36.9 Å². The molecular weight excluding hydrogens is 534 g/mol. The van der Waals surface area contributed by atoms with Gasteiger partial charge in [-0.1, -0.05) is 83.1 Å². The van der Waals surface area contributed by atoms with Gasteiger partial charge in [0.05, 0.1) is 30.5 Å². The maximum atomic E-state index is 7.02. The Labute approximate surface area is 248 Å². The van der Waals surface area contributed by atoms with Gasteiger partial charge in [-0.25, -0.2) is 0 Å². The zero-order chi connectivity index (χ0) is 30.3. The average molecular weight is 591 g/mol. The molecule has 226 valence electrons. The van der Waals surface area contributed by atoms with Gasteiger partial charge in [0.1, 0.15) is 0 Å². The van der Waals surface area contributed by atoms with Crippen LogP contribution in [0.15, 0.2) is 24.3 Å². The van der Waals surface area contributed by atoms with Gasteiger partial charge in [0, 0.05) is 33.8 Å². The maximum Gasteiger partial charge on any atom is 0.173 e. The molecule has 6 heteroatoms. The molecule has 2 unspecified atom stereocenters.